The summed E-state index contributed by atoms with van der Waals surface area (Å²) in [5.41, 5.74) is 0.813. The lowest BCUT2D eigenvalue weighted by Crippen LogP contribution is -2.40. The van der Waals surface area contributed by atoms with Gasteiger partial charge in [-0.25, -0.2) is 0 Å². The lowest BCUT2D eigenvalue weighted by Gasteiger charge is -2.34. The third-order valence-electron chi connectivity index (χ3n) is 3.00. The molecule has 1 heterocycles. The summed E-state index contributed by atoms with van der Waals surface area (Å²) in [6.07, 6.45) is 0. The number of carbonyl (C=O) groups is 1. The van der Waals surface area contributed by atoms with Gasteiger partial charge >= 0.3 is 0 Å². The predicted octanol–water partition coefficient (Wildman–Crippen LogP) is 2.16. The van der Waals surface area contributed by atoms with Gasteiger partial charge in [0.25, 0.3) is 0 Å². The van der Waals surface area contributed by atoms with Crippen LogP contribution in [0.25, 0.3) is 0 Å². The van der Waals surface area contributed by atoms with E-state index in [1.807, 2.05) is 24.0 Å². The van der Waals surface area contributed by atoms with Crippen molar-refractivity contribution in [1.82, 2.24) is 4.90 Å². The molecular formula is C12H15NO2S. The normalized spacial score (nSPS) is 24.8. The van der Waals surface area contributed by atoms with Gasteiger partial charge in [0.15, 0.2) is 0 Å². The molecule has 1 fully saturated rings. The Kier molecular flexibility index (Phi) is 2.84. The maximum absolute atomic E-state index is 11.6. The lowest BCUT2D eigenvalue weighted by molar-refractivity contribution is -0.131. The van der Waals surface area contributed by atoms with Crippen molar-refractivity contribution >= 4 is 17.7 Å². The van der Waals surface area contributed by atoms with Gasteiger partial charge in [-0.3, -0.25) is 4.79 Å². The first-order valence-corrected chi connectivity index (χ1v) is 6.25. The quantitative estimate of drug-likeness (QED) is 0.813. The minimum atomic E-state index is -0.433. The highest BCUT2D eigenvalue weighted by atomic mass is 32.2. The van der Waals surface area contributed by atoms with E-state index in [4.69, 9.17) is 0 Å². The second kappa shape index (κ2) is 4.01. The van der Waals surface area contributed by atoms with Crippen LogP contribution in [0.4, 0.5) is 0 Å². The molecular weight excluding hydrogens is 222 g/mol. The van der Waals surface area contributed by atoms with Gasteiger partial charge in [-0.05, 0) is 13.0 Å². The van der Waals surface area contributed by atoms with Crippen molar-refractivity contribution in [3.05, 3.63) is 29.8 Å². The van der Waals surface area contributed by atoms with Crippen molar-refractivity contribution in [2.75, 3.05) is 12.3 Å². The molecule has 1 aromatic rings. The van der Waals surface area contributed by atoms with Crippen molar-refractivity contribution in [3.8, 4) is 5.75 Å². The highest BCUT2D eigenvalue weighted by Gasteiger charge is 2.41. The number of carbonyl (C=O) groups excluding carboxylic acids is 1. The number of phenolic OH excluding ortho intramolecular Hbond substituents is 1. The van der Waals surface area contributed by atoms with Crippen molar-refractivity contribution in [1.29, 1.82) is 0 Å². The molecule has 1 aliphatic rings. The van der Waals surface area contributed by atoms with E-state index in [0.717, 1.165) is 17.9 Å². The number of nitrogens with zero attached hydrogens (tertiary/aromatic N) is 1. The Bertz CT molecular complexity index is 421. The van der Waals surface area contributed by atoms with Crippen molar-refractivity contribution < 1.29 is 9.90 Å². The molecule has 1 unspecified atom stereocenters. The smallest absolute Gasteiger partial charge is 0.220 e. The van der Waals surface area contributed by atoms with Crippen LogP contribution in [0.3, 0.4) is 0 Å². The molecule has 16 heavy (non-hydrogen) atoms. The van der Waals surface area contributed by atoms with E-state index in [9.17, 15) is 9.90 Å². The first-order chi connectivity index (χ1) is 7.55. The molecule has 0 saturated carbocycles. The van der Waals surface area contributed by atoms with Crippen molar-refractivity contribution in [2.45, 2.75) is 18.7 Å². The number of aromatic hydroxyl groups is 1. The van der Waals surface area contributed by atoms with Crippen LogP contribution in [0.5, 0.6) is 5.75 Å². The fourth-order valence-corrected chi connectivity index (χ4v) is 3.55. The lowest BCUT2D eigenvalue weighted by atomic mass is 10.1. The summed E-state index contributed by atoms with van der Waals surface area (Å²) in [6.45, 7) is 4.30. The molecule has 86 valence electrons. The Labute approximate surface area is 99.5 Å². The Hall–Kier alpha value is -1.16. The highest BCUT2D eigenvalue weighted by Crippen LogP contribution is 2.47. The number of hydrogen-bond donors (Lipinski definition) is 1. The van der Waals surface area contributed by atoms with Crippen LogP contribution < -0.4 is 0 Å². The molecule has 1 aromatic carbocycles. The average Bonchev–Trinajstić information content (AvgIpc) is 2.62. The SMILES string of the molecule is CC(=O)N1CCSC1(C)c1ccccc1O. The molecule has 2 rings (SSSR count). The first-order valence-electron chi connectivity index (χ1n) is 5.26. The molecule has 0 bridgehead atoms. The molecule has 0 aliphatic carbocycles. The number of amides is 1. The summed E-state index contributed by atoms with van der Waals surface area (Å²) in [4.78, 5) is 13.0. The van der Waals surface area contributed by atoms with Gasteiger partial charge < -0.3 is 10.0 Å². The van der Waals surface area contributed by atoms with E-state index in [1.54, 1.807) is 30.8 Å². The van der Waals surface area contributed by atoms with E-state index >= 15 is 0 Å². The molecule has 1 amide bonds. The van der Waals surface area contributed by atoms with Crippen LogP contribution >= 0.6 is 11.8 Å². The van der Waals surface area contributed by atoms with Crippen LogP contribution in [-0.4, -0.2) is 28.2 Å². The van der Waals surface area contributed by atoms with E-state index < -0.39 is 4.87 Å². The Morgan fingerprint density at radius 2 is 2.19 bits per heavy atom. The fraction of sp³-hybridized carbons (Fsp3) is 0.417. The van der Waals surface area contributed by atoms with Crippen molar-refractivity contribution in [2.24, 2.45) is 0 Å². The zero-order chi connectivity index (χ0) is 11.8. The molecule has 4 heteroatoms. The minimum absolute atomic E-state index is 0.0516. The summed E-state index contributed by atoms with van der Waals surface area (Å²) in [6, 6.07) is 7.22. The van der Waals surface area contributed by atoms with Gasteiger partial charge in [0, 0.05) is 24.8 Å². The second-order valence-corrected chi connectivity index (χ2v) is 5.51. The molecule has 1 aliphatic heterocycles. The summed E-state index contributed by atoms with van der Waals surface area (Å²) in [7, 11) is 0. The van der Waals surface area contributed by atoms with Gasteiger partial charge in [0.1, 0.15) is 10.6 Å². The van der Waals surface area contributed by atoms with Crippen LogP contribution in [0.15, 0.2) is 24.3 Å². The Balaban J connectivity index is 2.45. The number of hydrogen-bond acceptors (Lipinski definition) is 3. The zero-order valence-electron chi connectivity index (χ0n) is 9.43. The summed E-state index contributed by atoms with van der Waals surface area (Å²) in [5.74, 6) is 1.21. The predicted molar refractivity (Wildman–Crippen MR) is 65.3 cm³/mol. The molecule has 3 nitrogen and oxygen atoms in total. The fourth-order valence-electron chi connectivity index (χ4n) is 2.17. The van der Waals surface area contributed by atoms with E-state index in [1.165, 1.54) is 0 Å². The minimum Gasteiger partial charge on any atom is -0.508 e. The number of thioether (sulfide) groups is 1. The zero-order valence-corrected chi connectivity index (χ0v) is 10.3. The first kappa shape index (κ1) is 11.3. The van der Waals surface area contributed by atoms with Crippen LogP contribution in [0.2, 0.25) is 0 Å². The largest absolute Gasteiger partial charge is 0.508 e. The maximum atomic E-state index is 11.6. The van der Waals surface area contributed by atoms with E-state index in [-0.39, 0.29) is 11.7 Å². The molecule has 0 aromatic heterocycles. The molecule has 0 radical (unpaired) electrons. The summed E-state index contributed by atoms with van der Waals surface area (Å²) in [5, 5.41) is 9.88. The molecule has 0 spiro atoms. The van der Waals surface area contributed by atoms with Gasteiger partial charge in [-0.1, -0.05) is 18.2 Å². The second-order valence-electron chi connectivity index (χ2n) is 4.02. The Morgan fingerprint density at radius 3 is 2.81 bits per heavy atom. The number of para-hydroxylation sites is 1. The van der Waals surface area contributed by atoms with Gasteiger partial charge in [-0.15, -0.1) is 11.8 Å². The third kappa shape index (κ3) is 1.67. The monoisotopic (exact) mass is 237 g/mol. The van der Waals surface area contributed by atoms with E-state index in [2.05, 4.69) is 0 Å². The summed E-state index contributed by atoms with van der Waals surface area (Å²) < 4.78 is 0. The van der Waals surface area contributed by atoms with Gasteiger partial charge in [0.2, 0.25) is 5.91 Å². The third-order valence-corrected chi connectivity index (χ3v) is 4.39. The topological polar surface area (TPSA) is 40.5 Å². The van der Waals surface area contributed by atoms with Crippen molar-refractivity contribution in [3.63, 3.8) is 0 Å². The van der Waals surface area contributed by atoms with Gasteiger partial charge in [0.05, 0.1) is 0 Å². The number of benzene rings is 1. The van der Waals surface area contributed by atoms with Crippen LogP contribution in [0, 0.1) is 0 Å². The standard InChI is InChI=1S/C12H15NO2S/c1-9(14)13-7-8-16-12(13,2)10-5-3-4-6-11(10)15/h3-6,15H,7-8H2,1-2H3. The van der Waals surface area contributed by atoms with Gasteiger partial charge in [-0.2, -0.15) is 0 Å². The number of phenols is 1. The number of rotatable bonds is 1. The Morgan fingerprint density at radius 1 is 1.50 bits per heavy atom. The summed E-state index contributed by atoms with van der Waals surface area (Å²) >= 11 is 1.69. The molecule has 1 atom stereocenters. The maximum Gasteiger partial charge on any atom is 0.220 e. The average molecular weight is 237 g/mol. The van der Waals surface area contributed by atoms with Crippen LogP contribution in [0.1, 0.15) is 19.4 Å². The van der Waals surface area contributed by atoms with Crippen LogP contribution in [-0.2, 0) is 9.67 Å². The molecule has 1 N–H and O–H groups in total. The highest BCUT2D eigenvalue weighted by molar-refractivity contribution is 8.00. The molecule has 1 saturated heterocycles. The van der Waals surface area contributed by atoms with E-state index in [0.29, 0.717) is 0 Å².